The van der Waals surface area contributed by atoms with Crippen LogP contribution in [0.4, 0.5) is 5.69 Å². The number of benzene rings is 1. The Labute approximate surface area is 202 Å². The predicted octanol–water partition coefficient (Wildman–Crippen LogP) is 4.94. The van der Waals surface area contributed by atoms with E-state index in [4.69, 9.17) is 9.62 Å². The van der Waals surface area contributed by atoms with Gasteiger partial charge in [0.05, 0.1) is 6.26 Å². The molecule has 1 saturated heterocycles. The molecule has 2 amide bonds. The van der Waals surface area contributed by atoms with Crippen molar-refractivity contribution in [3.05, 3.63) is 54.0 Å². The van der Waals surface area contributed by atoms with Crippen molar-refractivity contribution in [1.82, 2.24) is 10.4 Å². The second-order valence-corrected chi connectivity index (χ2v) is 10.1. The zero-order chi connectivity index (χ0) is 24.0. The van der Waals surface area contributed by atoms with Gasteiger partial charge >= 0.3 is 0 Å². The van der Waals surface area contributed by atoms with Gasteiger partial charge in [-0.05, 0) is 75.3 Å². The topological polar surface area (TPSA) is 86.0 Å². The van der Waals surface area contributed by atoms with E-state index in [1.54, 1.807) is 18.4 Å². The minimum absolute atomic E-state index is 0.00883. The molecule has 7 nitrogen and oxygen atoms in total. The van der Waals surface area contributed by atoms with E-state index in [2.05, 4.69) is 4.90 Å². The summed E-state index contributed by atoms with van der Waals surface area (Å²) in [5.41, 5.74) is 3.89. The SMILES string of the molecule is Cc1ccc(N(C(=O)c2ccco2)C2CCN(CCC3(CC(=O)NO)CCCCC3)CC2)cc1. The van der Waals surface area contributed by atoms with Gasteiger partial charge in [0.1, 0.15) is 0 Å². The van der Waals surface area contributed by atoms with Gasteiger partial charge in [-0.25, -0.2) is 5.48 Å². The summed E-state index contributed by atoms with van der Waals surface area (Å²) in [5.74, 6) is -0.00123. The minimum Gasteiger partial charge on any atom is -0.459 e. The summed E-state index contributed by atoms with van der Waals surface area (Å²) in [6.07, 6.45) is 10.3. The Kier molecular flexibility index (Phi) is 8.06. The highest BCUT2D eigenvalue weighted by molar-refractivity contribution is 6.04. The number of hydroxylamine groups is 1. The van der Waals surface area contributed by atoms with E-state index in [0.29, 0.717) is 12.2 Å². The average molecular weight is 468 g/mol. The van der Waals surface area contributed by atoms with E-state index >= 15 is 0 Å². The molecule has 1 aliphatic carbocycles. The molecule has 0 unspecified atom stereocenters. The van der Waals surface area contributed by atoms with Gasteiger partial charge in [-0.15, -0.1) is 0 Å². The lowest BCUT2D eigenvalue weighted by molar-refractivity contribution is -0.132. The molecule has 0 bridgehead atoms. The molecule has 0 spiro atoms. The number of amides is 2. The number of nitrogens with one attached hydrogen (secondary N) is 1. The van der Waals surface area contributed by atoms with Crippen LogP contribution in [-0.4, -0.2) is 47.6 Å². The first-order valence-electron chi connectivity index (χ1n) is 12.6. The normalized spacial score (nSPS) is 19.0. The maximum atomic E-state index is 13.3. The molecule has 34 heavy (non-hydrogen) atoms. The number of carbonyl (C=O) groups is 2. The lowest BCUT2D eigenvalue weighted by atomic mass is 9.69. The first-order valence-corrected chi connectivity index (χ1v) is 12.6. The van der Waals surface area contributed by atoms with Crippen molar-refractivity contribution in [3.63, 3.8) is 0 Å². The monoisotopic (exact) mass is 467 g/mol. The second-order valence-electron chi connectivity index (χ2n) is 10.1. The zero-order valence-electron chi connectivity index (χ0n) is 20.2. The maximum absolute atomic E-state index is 13.3. The van der Waals surface area contributed by atoms with E-state index in [1.807, 2.05) is 41.6 Å². The van der Waals surface area contributed by atoms with Crippen LogP contribution >= 0.6 is 0 Å². The van der Waals surface area contributed by atoms with Crippen LogP contribution in [0.1, 0.15) is 73.9 Å². The number of piperidine rings is 1. The van der Waals surface area contributed by atoms with Crippen LogP contribution in [0.15, 0.2) is 47.1 Å². The summed E-state index contributed by atoms with van der Waals surface area (Å²) in [7, 11) is 0. The van der Waals surface area contributed by atoms with Crippen LogP contribution in [0, 0.1) is 12.3 Å². The number of carbonyl (C=O) groups excluding carboxylic acids is 2. The largest absolute Gasteiger partial charge is 0.459 e. The molecule has 1 aromatic heterocycles. The van der Waals surface area contributed by atoms with Crippen molar-refractivity contribution in [2.45, 2.75) is 70.8 Å². The molecule has 184 valence electrons. The Morgan fingerprint density at radius 3 is 2.44 bits per heavy atom. The van der Waals surface area contributed by atoms with Gasteiger partial charge < -0.3 is 14.2 Å². The summed E-state index contributed by atoms with van der Waals surface area (Å²) in [6.45, 7) is 4.83. The minimum atomic E-state index is -0.272. The summed E-state index contributed by atoms with van der Waals surface area (Å²) in [6, 6.07) is 11.7. The van der Waals surface area contributed by atoms with Gasteiger partial charge in [0.2, 0.25) is 5.91 Å². The molecule has 2 heterocycles. The molecule has 2 aliphatic rings. The molecule has 2 fully saturated rings. The average Bonchev–Trinajstić information content (AvgIpc) is 3.41. The number of furan rings is 1. The summed E-state index contributed by atoms with van der Waals surface area (Å²) in [4.78, 5) is 29.7. The van der Waals surface area contributed by atoms with Gasteiger partial charge in [-0.2, -0.15) is 0 Å². The third-order valence-electron chi connectivity index (χ3n) is 7.72. The van der Waals surface area contributed by atoms with Crippen LogP contribution in [-0.2, 0) is 4.79 Å². The van der Waals surface area contributed by atoms with E-state index in [0.717, 1.165) is 75.8 Å². The van der Waals surface area contributed by atoms with Crippen LogP contribution in [0.25, 0.3) is 0 Å². The molecule has 1 saturated carbocycles. The third-order valence-corrected chi connectivity index (χ3v) is 7.72. The fourth-order valence-electron chi connectivity index (χ4n) is 5.71. The predicted molar refractivity (Wildman–Crippen MR) is 131 cm³/mol. The van der Waals surface area contributed by atoms with Gasteiger partial charge in [-0.3, -0.25) is 14.8 Å². The number of hydrogen-bond donors (Lipinski definition) is 2. The van der Waals surface area contributed by atoms with Crippen LogP contribution in [0.2, 0.25) is 0 Å². The highest BCUT2D eigenvalue weighted by atomic mass is 16.5. The first-order chi connectivity index (χ1) is 16.5. The Hall–Kier alpha value is -2.64. The number of likely N-dealkylation sites (tertiary alicyclic amines) is 1. The Bertz CT molecular complexity index is 927. The number of rotatable bonds is 8. The number of nitrogens with zero attached hydrogens (tertiary/aromatic N) is 2. The number of aryl methyl sites for hydroxylation is 1. The highest BCUT2D eigenvalue weighted by Crippen LogP contribution is 2.42. The molecule has 4 rings (SSSR count). The summed E-state index contributed by atoms with van der Waals surface area (Å²) < 4.78 is 5.44. The van der Waals surface area contributed by atoms with Gasteiger partial charge in [-0.1, -0.05) is 37.0 Å². The fraction of sp³-hybridized carbons (Fsp3) is 0.556. The lowest BCUT2D eigenvalue weighted by Crippen LogP contribution is -2.48. The van der Waals surface area contributed by atoms with Crippen molar-refractivity contribution in [2.75, 3.05) is 24.5 Å². The van der Waals surface area contributed by atoms with E-state index < -0.39 is 0 Å². The van der Waals surface area contributed by atoms with E-state index in [1.165, 1.54) is 6.42 Å². The Morgan fingerprint density at radius 1 is 1.12 bits per heavy atom. The Morgan fingerprint density at radius 2 is 1.82 bits per heavy atom. The Balaban J connectivity index is 1.39. The smallest absolute Gasteiger partial charge is 0.294 e. The maximum Gasteiger partial charge on any atom is 0.294 e. The zero-order valence-corrected chi connectivity index (χ0v) is 20.2. The van der Waals surface area contributed by atoms with Gasteiger partial charge in [0.25, 0.3) is 5.91 Å². The lowest BCUT2D eigenvalue weighted by Gasteiger charge is -2.41. The third kappa shape index (κ3) is 5.88. The molecule has 0 radical (unpaired) electrons. The van der Waals surface area contributed by atoms with Crippen LogP contribution in [0.3, 0.4) is 0 Å². The molecule has 2 N–H and O–H groups in total. The molecule has 7 heteroatoms. The first kappa shape index (κ1) is 24.5. The highest BCUT2D eigenvalue weighted by Gasteiger charge is 2.36. The molecule has 2 aromatic rings. The molecule has 1 aliphatic heterocycles. The summed E-state index contributed by atoms with van der Waals surface area (Å²) >= 11 is 0. The standard InChI is InChI=1S/C27H37N3O4/c1-21-7-9-22(10-8-21)30(26(32)24-6-5-19-34-24)23-11-16-29(17-12-23)18-15-27(20-25(31)28-33)13-3-2-4-14-27/h5-10,19,23,33H,2-4,11-18,20H2,1H3,(H,28,31). The van der Waals surface area contributed by atoms with Crippen LogP contribution < -0.4 is 10.4 Å². The number of hydrogen-bond acceptors (Lipinski definition) is 5. The second kappa shape index (κ2) is 11.2. The van der Waals surface area contributed by atoms with Crippen molar-refractivity contribution in [3.8, 4) is 0 Å². The fourth-order valence-corrected chi connectivity index (χ4v) is 5.71. The number of anilines is 1. The van der Waals surface area contributed by atoms with Crippen molar-refractivity contribution < 1.29 is 19.2 Å². The summed E-state index contributed by atoms with van der Waals surface area (Å²) in [5, 5.41) is 9.05. The van der Waals surface area contributed by atoms with Gasteiger partial charge in [0, 0.05) is 31.2 Å². The molecular formula is C27H37N3O4. The van der Waals surface area contributed by atoms with Crippen LogP contribution in [0.5, 0.6) is 0 Å². The molecule has 0 atom stereocenters. The molecule has 1 aromatic carbocycles. The van der Waals surface area contributed by atoms with Crippen molar-refractivity contribution >= 4 is 17.5 Å². The van der Waals surface area contributed by atoms with Crippen molar-refractivity contribution in [1.29, 1.82) is 0 Å². The van der Waals surface area contributed by atoms with Gasteiger partial charge in [0.15, 0.2) is 5.76 Å². The van der Waals surface area contributed by atoms with E-state index in [-0.39, 0.29) is 23.3 Å². The quantitative estimate of drug-likeness (QED) is 0.424. The molecular weight excluding hydrogens is 430 g/mol. The van der Waals surface area contributed by atoms with E-state index in [9.17, 15) is 9.59 Å². The van der Waals surface area contributed by atoms with Crippen molar-refractivity contribution in [2.24, 2.45) is 5.41 Å².